The Bertz CT molecular complexity index is 693. The zero-order chi connectivity index (χ0) is 14.7. The van der Waals surface area contributed by atoms with E-state index >= 15 is 0 Å². The fourth-order valence-electron chi connectivity index (χ4n) is 1.92. The van der Waals surface area contributed by atoms with E-state index in [1.54, 1.807) is 0 Å². The lowest BCUT2D eigenvalue weighted by Gasteiger charge is -2.07. The standard InChI is InChI=1S/C15H16N4OS/c1-2-11(16)7-10-8-17-14(18-9-10)21-15-19-12-5-3-4-6-13(12)20-15/h3-6,8-9,11H,2,7,16H2,1H3. The molecule has 0 spiro atoms. The molecule has 0 saturated carbocycles. The third-order valence-electron chi connectivity index (χ3n) is 3.16. The monoisotopic (exact) mass is 300 g/mol. The highest BCUT2D eigenvalue weighted by atomic mass is 32.2. The molecule has 108 valence electrons. The van der Waals surface area contributed by atoms with Crippen molar-refractivity contribution in [2.75, 3.05) is 0 Å². The predicted molar refractivity (Wildman–Crippen MR) is 82.1 cm³/mol. The van der Waals surface area contributed by atoms with E-state index in [9.17, 15) is 0 Å². The molecule has 0 radical (unpaired) electrons. The van der Waals surface area contributed by atoms with E-state index < -0.39 is 0 Å². The fourth-order valence-corrected chi connectivity index (χ4v) is 2.56. The summed E-state index contributed by atoms with van der Waals surface area (Å²) in [5.41, 5.74) is 8.58. The molecule has 1 unspecified atom stereocenters. The molecule has 2 aromatic heterocycles. The van der Waals surface area contributed by atoms with Gasteiger partial charge in [-0.15, -0.1) is 0 Å². The molecule has 2 heterocycles. The molecule has 6 heteroatoms. The van der Waals surface area contributed by atoms with Crippen LogP contribution in [0.3, 0.4) is 0 Å². The summed E-state index contributed by atoms with van der Waals surface area (Å²) >= 11 is 1.32. The van der Waals surface area contributed by atoms with Crippen molar-refractivity contribution in [3.63, 3.8) is 0 Å². The van der Waals surface area contributed by atoms with Crippen molar-refractivity contribution < 1.29 is 4.42 Å². The van der Waals surface area contributed by atoms with Crippen molar-refractivity contribution >= 4 is 22.9 Å². The predicted octanol–water partition coefficient (Wildman–Crippen LogP) is 3.05. The van der Waals surface area contributed by atoms with E-state index in [0.717, 1.165) is 29.5 Å². The average Bonchev–Trinajstić information content (AvgIpc) is 2.91. The first-order chi connectivity index (χ1) is 10.2. The number of para-hydroxylation sites is 2. The van der Waals surface area contributed by atoms with Crippen LogP contribution in [-0.2, 0) is 6.42 Å². The number of hydrogen-bond acceptors (Lipinski definition) is 6. The maximum Gasteiger partial charge on any atom is 0.264 e. The molecule has 2 N–H and O–H groups in total. The summed E-state index contributed by atoms with van der Waals surface area (Å²) in [6, 6.07) is 7.82. The number of hydrogen-bond donors (Lipinski definition) is 1. The molecule has 0 aliphatic rings. The van der Waals surface area contributed by atoms with Crippen molar-refractivity contribution in [3.8, 4) is 0 Å². The fraction of sp³-hybridized carbons (Fsp3) is 0.267. The van der Waals surface area contributed by atoms with E-state index in [4.69, 9.17) is 10.2 Å². The summed E-state index contributed by atoms with van der Waals surface area (Å²) in [6.07, 6.45) is 5.37. The topological polar surface area (TPSA) is 77.8 Å². The summed E-state index contributed by atoms with van der Waals surface area (Å²) in [6.45, 7) is 2.07. The van der Waals surface area contributed by atoms with E-state index in [0.29, 0.717) is 10.4 Å². The minimum atomic E-state index is 0.157. The Kier molecular flexibility index (Phi) is 4.17. The van der Waals surface area contributed by atoms with E-state index in [1.165, 1.54) is 11.8 Å². The highest BCUT2D eigenvalue weighted by Gasteiger charge is 2.09. The first-order valence-electron chi connectivity index (χ1n) is 6.84. The second kappa shape index (κ2) is 6.24. The number of oxazole rings is 1. The van der Waals surface area contributed by atoms with Gasteiger partial charge >= 0.3 is 0 Å². The lowest BCUT2D eigenvalue weighted by molar-refractivity contribution is 0.488. The van der Waals surface area contributed by atoms with Crippen molar-refractivity contribution in [1.82, 2.24) is 15.0 Å². The van der Waals surface area contributed by atoms with Crippen LogP contribution in [0.4, 0.5) is 0 Å². The SMILES string of the molecule is CCC(N)Cc1cnc(Sc2nc3ccccc3o2)nc1. The van der Waals surface area contributed by atoms with Crippen molar-refractivity contribution in [3.05, 3.63) is 42.2 Å². The minimum absolute atomic E-state index is 0.157. The Hall–Kier alpha value is -1.92. The first kappa shape index (κ1) is 14.0. The van der Waals surface area contributed by atoms with Gasteiger partial charge in [-0.3, -0.25) is 0 Å². The normalized spacial score (nSPS) is 12.7. The van der Waals surface area contributed by atoms with E-state index in [-0.39, 0.29) is 6.04 Å². The van der Waals surface area contributed by atoms with Gasteiger partial charge in [0, 0.05) is 30.2 Å². The van der Waals surface area contributed by atoms with Crippen LogP contribution in [0, 0.1) is 0 Å². The van der Waals surface area contributed by atoms with Gasteiger partial charge in [-0.1, -0.05) is 19.1 Å². The Morgan fingerprint density at radius 2 is 2.00 bits per heavy atom. The van der Waals surface area contributed by atoms with Gasteiger partial charge in [-0.05, 0) is 30.5 Å². The lowest BCUT2D eigenvalue weighted by atomic mass is 10.1. The lowest BCUT2D eigenvalue weighted by Crippen LogP contribution is -2.21. The zero-order valence-electron chi connectivity index (χ0n) is 11.7. The first-order valence-corrected chi connectivity index (χ1v) is 7.66. The van der Waals surface area contributed by atoms with Gasteiger partial charge in [0.05, 0.1) is 0 Å². The van der Waals surface area contributed by atoms with Crippen molar-refractivity contribution in [1.29, 1.82) is 0 Å². The zero-order valence-corrected chi connectivity index (χ0v) is 12.5. The number of aromatic nitrogens is 3. The molecule has 1 aromatic carbocycles. The molecule has 0 aliphatic carbocycles. The number of nitrogens with zero attached hydrogens (tertiary/aromatic N) is 3. The highest BCUT2D eigenvalue weighted by Crippen LogP contribution is 2.27. The van der Waals surface area contributed by atoms with Crippen LogP contribution in [0.1, 0.15) is 18.9 Å². The molecule has 5 nitrogen and oxygen atoms in total. The molecule has 0 aliphatic heterocycles. The molecular formula is C15H16N4OS. The molecule has 0 bridgehead atoms. The van der Waals surface area contributed by atoms with Crippen LogP contribution in [-0.4, -0.2) is 21.0 Å². The second-order valence-electron chi connectivity index (χ2n) is 4.80. The highest BCUT2D eigenvalue weighted by molar-refractivity contribution is 7.98. The van der Waals surface area contributed by atoms with E-state index in [2.05, 4.69) is 21.9 Å². The molecular weight excluding hydrogens is 284 g/mol. The summed E-state index contributed by atoms with van der Waals surface area (Å²) in [4.78, 5) is 13.0. The summed E-state index contributed by atoms with van der Waals surface area (Å²) in [5.74, 6) is 0. The van der Waals surface area contributed by atoms with Gasteiger partial charge in [0.25, 0.3) is 5.22 Å². The van der Waals surface area contributed by atoms with Gasteiger partial charge in [0.1, 0.15) is 5.52 Å². The Morgan fingerprint density at radius 3 is 2.71 bits per heavy atom. The number of benzene rings is 1. The third kappa shape index (κ3) is 3.40. The quantitative estimate of drug-likeness (QED) is 0.730. The van der Waals surface area contributed by atoms with Gasteiger partial charge in [0.15, 0.2) is 10.7 Å². The van der Waals surface area contributed by atoms with Gasteiger partial charge in [-0.2, -0.15) is 0 Å². The third-order valence-corrected chi connectivity index (χ3v) is 3.90. The summed E-state index contributed by atoms with van der Waals surface area (Å²) in [7, 11) is 0. The molecule has 0 saturated heterocycles. The van der Waals surface area contributed by atoms with Crippen LogP contribution in [0.25, 0.3) is 11.1 Å². The Balaban J connectivity index is 1.72. The van der Waals surface area contributed by atoms with Crippen LogP contribution >= 0.6 is 11.8 Å². The Labute approximate surface area is 127 Å². The minimum Gasteiger partial charge on any atom is -0.431 e. The van der Waals surface area contributed by atoms with Crippen molar-refractivity contribution in [2.45, 2.75) is 36.2 Å². The van der Waals surface area contributed by atoms with Crippen LogP contribution in [0.15, 0.2) is 51.5 Å². The van der Waals surface area contributed by atoms with Crippen LogP contribution in [0.2, 0.25) is 0 Å². The largest absolute Gasteiger partial charge is 0.431 e. The Morgan fingerprint density at radius 1 is 1.24 bits per heavy atom. The number of rotatable bonds is 5. The smallest absolute Gasteiger partial charge is 0.264 e. The van der Waals surface area contributed by atoms with E-state index in [1.807, 2.05) is 36.7 Å². The average molecular weight is 300 g/mol. The molecule has 3 aromatic rings. The number of nitrogens with two attached hydrogens (primary N) is 1. The molecule has 0 fully saturated rings. The molecule has 1 atom stereocenters. The van der Waals surface area contributed by atoms with Gasteiger partial charge < -0.3 is 10.2 Å². The number of fused-ring (bicyclic) bond motifs is 1. The van der Waals surface area contributed by atoms with Crippen molar-refractivity contribution in [2.24, 2.45) is 5.73 Å². The molecule has 0 amide bonds. The van der Waals surface area contributed by atoms with Gasteiger partial charge in [-0.25, -0.2) is 15.0 Å². The van der Waals surface area contributed by atoms with Crippen LogP contribution < -0.4 is 5.73 Å². The maximum atomic E-state index is 5.92. The molecule has 3 rings (SSSR count). The second-order valence-corrected chi connectivity index (χ2v) is 5.71. The molecule has 21 heavy (non-hydrogen) atoms. The maximum absolute atomic E-state index is 5.92. The van der Waals surface area contributed by atoms with Gasteiger partial charge in [0.2, 0.25) is 0 Å². The summed E-state index contributed by atoms with van der Waals surface area (Å²) in [5, 5.41) is 1.17. The summed E-state index contributed by atoms with van der Waals surface area (Å²) < 4.78 is 5.64. The van der Waals surface area contributed by atoms with Crippen LogP contribution in [0.5, 0.6) is 0 Å².